The van der Waals surface area contributed by atoms with E-state index in [0.29, 0.717) is 19.3 Å². The quantitative estimate of drug-likeness (QED) is 0.302. The number of esters is 1. The molecule has 0 radical (unpaired) electrons. The highest BCUT2D eigenvalue weighted by atomic mass is 19.4. The molecule has 0 saturated heterocycles. The molecule has 0 N–H and O–H groups in total. The fourth-order valence-electron chi connectivity index (χ4n) is 6.37. The van der Waals surface area contributed by atoms with E-state index >= 15 is 0 Å². The third kappa shape index (κ3) is 3.10. The second kappa shape index (κ2) is 7.55. The van der Waals surface area contributed by atoms with Crippen molar-refractivity contribution in [3.63, 3.8) is 0 Å². The average molecular weight is 474 g/mol. The SMILES string of the molecule is COC(=O)[C@@H]1CC=C2C(CCC3=Cc4c(cnn4-c4ccc(F)cc4)C[C@@]32C)[C@@]1(C)C(F)(F)F. The number of hydrogen-bond acceptors (Lipinski definition) is 3. The highest BCUT2D eigenvalue weighted by Crippen LogP contribution is 2.64. The van der Waals surface area contributed by atoms with Gasteiger partial charge in [-0.05, 0) is 74.4 Å². The molecule has 1 unspecified atom stereocenters. The molecule has 5 rings (SSSR count). The molecular weight excluding hydrogens is 448 g/mol. The molecule has 1 fully saturated rings. The van der Waals surface area contributed by atoms with Crippen LogP contribution < -0.4 is 0 Å². The summed E-state index contributed by atoms with van der Waals surface area (Å²) < 4.78 is 63.6. The van der Waals surface area contributed by atoms with Gasteiger partial charge in [-0.2, -0.15) is 18.3 Å². The van der Waals surface area contributed by atoms with Crippen molar-refractivity contribution in [2.45, 2.75) is 45.7 Å². The highest BCUT2D eigenvalue weighted by molar-refractivity contribution is 5.75. The normalized spacial score (nSPS) is 30.4. The van der Waals surface area contributed by atoms with Crippen LogP contribution in [0.1, 0.15) is 44.4 Å². The van der Waals surface area contributed by atoms with Crippen LogP contribution in [0.3, 0.4) is 0 Å². The van der Waals surface area contributed by atoms with Gasteiger partial charge in [-0.15, -0.1) is 0 Å². The van der Waals surface area contributed by atoms with E-state index in [2.05, 4.69) is 5.10 Å². The first-order valence-electron chi connectivity index (χ1n) is 11.4. The van der Waals surface area contributed by atoms with Gasteiger partial charge in [0.15, 0.2) is 0 Å². The first-order valence-corrected chi connectivity index (χ1v) is 11.4. The number of alkyl halides is 3. The van der Waals surface area contributed by atoms with E-state index in [1.54, 1.807) is 23.0 Å². The molecule has 1 heterocycles. The summed E-state index contributed by atoms with van der Waals surface area (Å²) in [5.41, 5.74) is 1.56. The number of nitrogens with zero attached hydrogens (tertiary/aromatic N) is 2. The fourth-order valence-corrected chi connectivity index (χ4v) is 6.37. The van der Waals surface area contributed by atoms with Crippen molar-refractivity contribution >= 4 is 12.0 Å². The van der Waals surface area contributed by atoms with Crippen molar-refractivity contribution < 1.29 is 27.1 Å². The summed E-state index contributed by atoms with van der Waals surface area (Å²) in [6.45, 7) is 3.19. The van der Waals surface area contributed by atoms with Crippen molar-refractivity contribution in [1.82, 2.24) is 9.78 Å². The summed E-state index contributed by atoms with van der Waals surface area (Å²) in [6.07, 6.45) is 2.38. The molecule has 2 aromatic rings. The zero-order valence-electron chi connectivity index (χ0n) is 19.2. The maximum atomic E-state index is 14.6. The zero-order chi connectivity index (χ0) is 24.5. The molecule has 0 bridgehead atoms. The van der Waals surface area contributed by atoms with Gasteiger partial charge in [-0.3, -0.25) is 4.79 Å². The minimum atomic E-state index is -4.55. The Morgan fingerprint density at radius 3 is 2.56 bits per heavy atom. The van der Waals surface area contributed by atoms with Gasteiger partial charge in [0.25, 0.3) is 0 Å². The Bertz CT molecular complexity index is 1210. The van der Waals surface area contributed by atoms with E-state index in [9.17, 15) is 22.4 Å². The first kappa shape index (κ1) is 22.9. The predicted octanol–water partition coefficient (Wildman–Crippen LogP) is 6.06. The third-order valence-electron chi connectivity index (χ3n) is 8.35. The number of methoxy groups -OCH3 is 1. The summed E-state index contributed by atoms with van der Waals surface area (Å²) in [5, 5.41) is 4.49. The van der Waals surface area contributed by atoms with Crippen molar-refractivity contribution in [3.05, 3.63) is 64.8 Å². The van der Waals surface area contributed by atoms with E-state index in [-0.39, 0.29) is 12.2 Å². The molecule has 1 aromatic carbocycles. The van der Waals surface area contributed by atoms with Crippen molar-refractivity contribution in [3.8, 4) is 5.69 Å². The van der Waals surface area contributed by atoms with E-state index in [0.717, 1.165) is 35.2 Å². The summed E-state index contributed by atoms with van der Waals surface area (Å²) in [7, 11) is 1.14. The van der Waals surface area contributed by atoms with Crippen LogP contribution in [-0.4, -0.2) is 29.0 Å². The van der Waals surface area contributed by atoms with Crippen molar-refractivity contribution in [1.29, 1.82) is 0 Å². The molecule has 0 aliphatic heterocycles. The summed E-state index contributed by atoms with van der Waals surface area (Å²) in [4.78, 5) is 12.4. The lowest BCUT2D eigenvalue weighted by Crippen LogP contribution is -2.56. The number of ether oxygens (including phenoxy) is 1. The molecule has 8 heteroatoms. The second-order valence-corrected chi connectivity index (χ2v) is 9.96. The molecule has 0 spiro atoms. The Labute approximate surface area is 195 Å². The van der Waals surface area contributed by atoms with E-state index < -0.39 is 34.8 Å². The largest absolute Gasteiger partial charge is 0.469 e. The number of carbonyl (C=O) groups is 1. The van der Waals surface area contributed by atoms with Gasteiger partial charge >= 0.3 is 12.1 Å². The number of hydrogen-bond donors (Lipinski definition) is 0. The molecule has 34 heavy (non-hydrogen) atoms. The number of allylic oxidation sites excluding steroid dienone is 3. The van der Waals surface area contributed by atoms with Gasteiger partial charge in [-0.25, -0.2) is 9.07 Å². The van der Waals surface area contributed by atoms with Gasteiger partial charge in [0.2, 0.25) is 0 Å². The Balaban J connectivity index is 1.58. The molecular formula is C26H26F4N2O2. The zero-order valence-corrected chi connectivity index (χ0v) is 19.2. The Kier molecular flexibility index (Phi) is 5.08. The molecule has 0 amide bonds. The van der Waals surface area contributed by atoms with Gasteiger partial charge in [-0.1, -0.05) is 24.1 Å². The minimum absolute atomic E-state index is 0.000908. The number of halogens is 4. The lowest BCUT2D eigenvalue weighted by molar-refractivity contribution is -0.258. The molecule has 1 aromatic heterocycles. The minimum Gasteiger partial charge on any atom is -0.469 e. The number of benzene rings is 1. The number of fused-ring (bicyclic) bond motifs is 4. The summed E-state index contributed by atoms with van der Waals surface area (Å²) in [5.74, 6) is -3.22. The van der Waals surface area contributed by atoms with Crippen molar-refractivity contribution in [2.75, 3.05) is 7.11 Å². The maximum Gasteiger partial charge on any atom is 0.395 e. The number of aromatic nitrogens is 2. The van der Waals surface area contributed by atoms with Crippen LogP contribution in [-0.2, 0) is 16.0 Å². The summed E-state index contributed by atoms with van der Waals surface area (Å²) >= 11 is 0. The molecule has 3 aliphatic carbocycles. The van der Waals surface area contributed by atoms with Gasteiger partial charge in [0, 0.05) is 5.41 Å². The Hall–Kier alpha value is -2.90. The van der Waals surface area contributed by atoms with Crippen LogP contribution in [0, 0.1) is 28.5 Å². The lowest BCUT2D eigenvalue weighted by atomic mass is 9.49. The smallest absolute Gasteiger partial charge is 0.395 e. The van der Waals surface area contributed by atoms with Crippen LogP contribution in [0.2, 0.25) is 0 Å². The second-order valence-electron chi connectivity index (χ2n) is 9.96. The predicted molar refractivity (Wildman–Crippen MR) is 118 cm³/mol. The Morgan fingerprint density at radius 2 is 1.91 bits per heavy atom. The van der Waals surface area contributed by atoms with Gasteiger partial charge < -0.3 is 4.74 Å². The van der Waals surface area contributed by atoms with Gasteiger partial charge in [0.05, 0.1) is 36.0 Å². The third-order valence-corrected chi connectivity index (χ3v) is 8.35. The van der Waals surface area contributed by atoms with E-state index in [4.69, 9.17) is 4.74 Å². The monoisotopic (exact) mass is 474 g/mol. The van der Waals surface area contributed by atoms with Crippen LogP contribution >= 0.6 is 0 Å². The number of rotatable bonds is 2. The lowest BCUT2D eigenvalue weighted by Gasteiger charge is -2.55. The topological polar surface area (TPSA) is 44.1 Å². The Morgan fingerprint density at radius 1 is 1.21 bits per heavy atom. The van der Waals surface area contributed by atoms with Gasteiger partial charge in [0.1, 0.15) is 5.82 Å². The van der Waals surface area contributed by atoms with E-state index in [1.807, 2.05) is 19.1 Å². The highest BCUT2D eigenvalue weighted by Gasteiger charge is 2.66. The standard InChI is InChI=1S/C26H26F4N2O2/c1-24-13-15-14-31-32(18-7-5-17(27)6-8-18)22(15)12-16(24)4-9-20-19(24)10-11-21(23(33)34-3)25(20,2)26(28,29)30/h5-8,10,12,14,20-21H,4,9,11,13H2,1-3H3/t20?,21-,24-,25+/m0/s1. The molecule has 4 nitrogen and oxygen atoms in total. The molecule has 3 aliphatic rings. The van der Waals surface area contributed by atoms with Crippen molar-refractivity contribution in [2.24, 2.45) is 22.7 Å². The van der Waals surface area contributed by atoms with Crippen LogP contribution in [0.4, 0.5) is 17.6 Å². The van der Waals surface area contributed by atoms with Crippen LogP contribution in [0.5, 0.6) is 0 Å². The molecule has 1 saturated carbocycles. The fraction of sp³-hybridized carbons (Fsp3) is 0.462. The first-order chi connectivity index (χ1) is 16.0. The molecule has 180 valence electrons. The maximum absolute atomic E-state index is 14.6. The summed E-state index contributed by atoms with van der Waals surface area (Å²) in [6, 6.07) is 6.04. The average Bonchev–Trinajstić information content (AvgIpc) is 3.19. The van der Waals surface area contributed by atoms with Crippen LogP contribution in [0.25, 0.3) is 11.8 Å². The molecule has 4 atom stereocenters. The number of carbonyl (C=O) groups excluding carboxylic acids is 1. The van der Waals surface area contributed by atoms with E-state index in [1.165, 1.54) is 19.1 Å². The van der Waals surface area contributed by atoms with Crippen LogP contribution in [0.15, 0.2) is 47.7 Å².